The van der Waals surface area contributed by atoms with E-state index in [4.69, 9.17) is 9.94 Å². The van der Waals surface area contributed by atoms with Crippen molar-refractivity contribution >= 4 is 23.2 Å². The fourth-order valence-electron chi connectivity index (χ4n) is 7.98. The number of aromatic nitrogens is 2. The van der Waals surface area contributed by atoms with Gasteiger partial charge in [0.25, 0.3) is 5.56 Å². The number of fused-ring (bicyclic) bond motifs is 5. The highest BCUT2D eigenvalue weighted by molar-refractivity contribution is 6.21. The first-order chi connectivity index (χ1) is 17.6. The molecular formula is C28H36N4O4. The van der Waals surface area contributed by atoms with Crippen LogP contribution in [0.2, 0.25) is 0 Å². The van der Waals surface area contributed by atoms with Gasteiger partial charge in [-0.2, -0.15) is 0 Å². The van der Waals surface area contributed by atoms with Crippen molar-refractivity contribution in [2.75, 3.05) is 0 Å². The molecule has 6 rings (SSSR count). The number of para-hydroxylation sites is 2. The van der Waals surface area contributed by atoms with Crippen molar-refractivity contribution in [3.63, 3.8) is 0 Å². The highest BCUT2D eigenvalue weighted by atomic mass is 16.6. The van der Waals surface area contributed by atoms with E-state index < -0.39 is 5.97 Å². The molecule has 2 aliphatic carbocycles. The summed E-state index contributed by atoms with van der Waals surface area (Å²) >= 11 is 0. The minimum absolute atomic E-state index is 0.126. The summed E-state index contributed by atoms with van der Waals surface area (Å²) in [6, 6.07) is 9.70. The Morgan fingerprint density at radius 1 is 0.972 bits per heavy atom. The number of aliphatic carboxylic acids is 1. The molecule has 1 N–H and O–H groups in total. The molecule has 4 fully saturated rings. The molecule has 0 amide bonds. The third kappa shape index (κ3) is 4.56. The standard InChI is InChI=1S/C28H36N4O4/c33-27(34)16-29-36-17-25-28(35)32(26-10-2-1-9-24(26)30-25)23-14-20-7-4-8-21(15-23)31(20)22-12-18-5-3-6-19(11-18)13-22/h1-2,9-10,16,18-23H,3-8,11-15,17H2,(H,33,34)/b29-16-/t18?,19?,20-,21?,22?,23?/m1/s1. The molecule has 3 heterocycles. The number of piperidine rings is 2. The third-order valence-electron chi connectivity index (χ3n) is 9.20. The van der Waals surface area contributed by atoms with Crippen molar-refractivity contribution in [3.8, 4) is 0 Å². The maximum atomic E-state index is 13.7. The maximum absolute atomic E-state index is 13.7. The van der Waals surface area contributed by atoms with Gasteiger partial charge in [0.05, 0.1) is 11.0 Å². The lowest BCUT2D eigenvalue weighted by Crippen LogP contribution is -2.58. The number of rotatable bonds is 6. The third-order valence-corrected chi connectivity index (χ3v) is 9.20. The van der Waals surface area contributed by atoms with Gasteiger partial charge in [0.1, 0.15) is 5.69 Å². The van der Waals surface area contributed by atoms with Gasteiger partial charge in [-0.15, -0.1) is 0 Å². The van der Waals surface area contributed by atoms with Crippen LogP contribution in [0.25, 0.3) is 11.0 Å². The number of nitrogens with zero attached hydrogens (tertiary/aromatic N) is 4. The lowest BCUT2D eigenvalue weighted by atomic mass is 9.68. The highest BCUT2D eigenvalue weighted by Gasteiger charge is 2.45. The van der Waals surface area contributed by atoms with Gasteiger partial charge in [-0.1, -0.05) is 43.0 Å². The molecule has 2 saturated carbocycles. The number of carboxylic acid groups (broad SMARTS) is 1. The van der Waals surface area contributed by atoms with Gasteiger partial charge < -0.3 is 14.5 Å². The lowest BCUT2D eigenvalue weighted by Gasteiger charge is -2.55. The van der Waals surface area contributed by atoms with E-state index in [0.29, 0.717) is 24.3 Å². The summed E-state index contributed by atoms with van der Waals surface area (Å²) < 4.78 is 1.96. The zero-order valence-electron chi connectivity index (χ0n) is 20.8. The SMILES string of the molecule is O=C(O)/C=N\OCc1nc2ccccc2n(C2CC3CCC[C@H](C2)N3C2CC3CCCC(C3)C2)c1=O. The Bertz CT molecular complexity index is 1180. The van der Waals surface area contributed by atoms with Gasteiger partial charge in [-0.3, -0.25) is 9.69 Å². The van der Waals surface area contributed by atoms with Crippen molar-refractivity contribution in [1.29, 1.82) is 0 Å². The molecule has 4 unspecified atom stereocenters. The van der Waals surface area contributed by atoms with Crippen LogP contribution in [0.1, 0.15) is 82.4 Å². The second-order valence-electron chi connectivity index (χ2n) is 11.4. The highest BCUT2D eigenvalue weighted by Crippen LogP contribution is 2.47. The number of hydrogen-bond donors (Lipinski definition) is 1. The van der Waals surface area contributed by atoms with Gasteiger partial charge in [-0.05, 0) is 68.9 Å². The molecular weight excluding hydrogens is 456 g/mol. The molecule has 36 heavy (non-hydrogen) atoms. The topological polar surface area (TPSA) is 97.0 Å². The van der Waals surface area contributed by atoms with E-state index in [2.05, 4.69) is 15.0 Å². The van der Waals surface area contributed by atoms with Crippen LogP contribution in [0, 0.1) is 11.8 Å². The summed E-state index contributed by atoms with van der Waals surface area (Å²) in [6.45, 7) is -0.149. The van der Waals surface area contributed by atoms with Crippen molar-refractivity contribution in [3.05, 3.63) is 40.3 Å². The summed E-state index contributed by atoms with van der Waals surface area (Å²) in [5, 5.41) is 12.2. The van der Waals surface area contributed by atoms with Crippen molar-refractivity contribution < 1.29 is 14.7 Å². The van der Waals surface area contributed by atoms with Gasteiger partial charge in [0.15, 0.2) is 12.8 Å². The van der Waals surface area contributed by atoms with Crippen LogP contribution < -0.4 is 5.56 Å². The van der Waals surface area contributed by atoms with Crippen LogP contribution in [0.4, 0.5) is 0 Å². The number of hydrogen-bond acceptors (Lipinski definition) is 6. The van der Waals surface area contributed by atoms with Crippen LogP contribution in [0.15, 0.2) is 34.2 Å². The first-order valence-electron chi connectivity index (χ1n) is 13.7. The van der Waals surface area contributed by atoms with E-state index >= 15 is 0 Å². The molecule has 2 aliphatic heterocycles. The fraction of sp³-hybridized carbons (Fsp3) is 0.643. The summed E-state index contributed by atoms with van der Waals surface area (Å²) in [4.78, 5) is 36.9. The van der Waals surface area contributed by atoms with Crippen molar-refractivity contribution in [2.45, 2.75) is 101 Å². The molecule has 1 aromatic heterocycles. The quantitative estimate of drug-likeness (QED) is 0.471. The molecule has 2 saturated heterocycles. The average molecular weight is 493 g/mol. The van der Waals surface area contributed by atoms with Gasteiger partial charge >= 0.3 is 5.97 Å². The summed E-state index contributed by atoms with van der Waals surface area (Å²) in [6.07, 6.45) is 14.8. The summed E-state index contributed by atoms with van der Waals surface area (Å²) in [5.74, 6) is 0.636. The molecule has 0 radical (unpaired) electrons. The number of benzene rings is 1. The largest absolute Gasteiger partial charge is 0.477 e. The Kier molecular flexibility index (Phi) is 6.54. The zero-order valence-corrected chi connectivity index (χ0v) is 20.8. The number of carboxylic acids is 1. The predicted octanol–water partition coefficient (Wildman–Crippen LogP) is 4.51. The molecule has 1 aromatic carbocycles. The van der Waals surface area contributed by atoms with Crippen LogP contribution in [-0.2, 0) is 16.2 Å². The monoisotopic (exact) mass is 492 g/mol. The van der Waals surface area contributed by atoms with Gasteiger partial charge in [-0.25, -0.2) is 9.78 Å². The first-order valence-corrected chi connectivity index (χ1v) is 13.7. The minimum atomic E-state index is -1.20. The maximum Gasteiger partial charge on any atom is 0.350 e. The number of oxime groups is 1. The Hall–Kier alpha value is -2.74. The second-order valence-corrected chi connectivity index (χ2v) is 11.4. The molecule has 8 nitrogen and oxygen atoms in total. The molecule has 4 bridgehead atoms. The molecule has 4 aliphatic rings. The predicted molar refractivity (Wildman–Crippen MR) is 137 cm³/mol. The van der Waals surface area contributed by atoms with E-state index in [-0.39, 0.29) is 23.9 Å². The fourth-order valence-corrected chi connectivity index (χ4v) is 7.98. The normalized spacial score (nSPS) is 32.6. The van der Waals surface area contributed by atoms with Crippen molar-refractivity contribution in [1.82, 2.24) is 14.5 Å². The minimum Gasteiger partial charge on any atom is -0.477 e. The van der Waals surface area contributed by atoms with E-state index in [1.807, 2.05) is 28.8 Å². The molecule has 2 aromatic rings. The Morgan fingerprint density at radius 3 is 2.39 bits per heavy atom. The molecule has 192 valence electrons. The molecule has 5 atom stereocenters. The van der Waals surface area contributed by atoms with E-state index in [0.717, 1.165) is 35.7 Å². The van der Waals surface area contributed by atoms with Gasteiger partial charge in [0.2, 0.25) is 0 Å². The smallest absolute Gasteiger partial charge is 0.350 e. The van der Waals surface area contributed by atoms with Crippen LogP contribution in [0.3, 0.4) is 0 Å². The van der Waals surface area contributed by atoms with E-state index in [1.165, 1.54) is 57.8 Å². The van der Waals surface area contributed by atoms with Crippen molar-refractivity contribution in [2.24, 2.45) is 17.0 Å². The van der Waals surface area contributed by atoms with E-state index in [9.17, 15) is 9.59 Å². The molecule has 0 spiro atoms. The van der Waals surface area contributed by atoms with Crippen LogP contribution >= 0.6 is 0 Å². The average Bonchev–Trinajstić information content (AvgIpc) is 2.85. The van der Waals surface area contributed by atoms with Gasteiger partial charge in [0, 0.05) is 24.2 Å². The Morgan fingerprint density at radius 2 is 1.67 bits per heavy atom. The van der Waals surface area contributed by atoms with Crippen LogP contribution in [0.5, 0.6) is 0 Å². The summed E-state index contributed by atoms with van der Waals surface area (Å²) in [7, 11) is 0. The van der Waals surface area contributed by atoms with E-state index in [1.54, 1.807) is 0 Å². The lowest BCUT2D eigenvalue weighted by molar-refractivity contribution is -0.129. The van der Waals surface area contributed by atoms with Crippen LogP contribution in [-0.4, -0.2) is 49.9 Å². The Balaban J connectivity index is 1.29. The second kappa shape index (κ2) is 9.96. The summed E-state index contributed by atoms with van der Waals surface area (Å²) in [5.41, 5.74) is 1.74. The number of carbonyl (C=O) groups is 1. The first kappa shape index (κ1) is 23.6. The Labute approximate surface area is 211 Å². The zero-order chi connectivity index (χ0) is 24.6. The molecule has 8 heteroatoms.